The molecule has 0 saturated heterocycles. The number of carbonyl (C=O) groups is 3. The molecule has 0 atom stereocenters. The van der Waals surface area contributed by atoms with Gasteiger partial charge in [0, 0.05) is 57.6 Å². The van der Waals surface area contributed by atoms with Gasteiger partial charge in [-0.3, -0.25) is 29.2 Å². The van der Waals surface area contributed by atoms with Crippen LogP contribution in [-0.4, -0.2) is 63.7 Å². The maximum absolute atomic E-state index is 13.5. The first-order valence-electron chi connectivity index (χ1n) is 12.6. The first-order chi connectivity index (χ1) is 18.0. The molecule has 3 amide bonds. The number of amides is 3. The molecule has 4 rings (SSSR count). The normalized spacial score (nSPS) is 12.4. The second-order valence-electron chi connectivity index (χ2n) is 8.77. The maximum Gasteiger partial charge on any atom is 0.257 e. The minimum absolute atomic E-state index is 0.00236. The fraction of sp³-hybridized carbons (Fsp3) is 0.321. The van der Waals surface area contributed by atoms with E-state index in [1.807, 2.05) is 19.1 Å². The summed E-state index contributed by atoms with van der Waals surface area (Å²) in [5.74, 6) is -0.323. The minimum Gasteiger partial charge on any atom is -0.342 e. The smallest absolute Gasteiger partial charge is 0.257 e. The number of likely N-dealkylation sites (N-methyl/N-ethyl adjacent to an activating group) is 2. The van der Waals surface area contributed by atoms with Gasteiger partial charge in [0.05, 0.1) is 16.9 Å². The summed E-state index contributed by atoms with van der Waals surface area (Å²) in [5, 5.41) is 2.83. The van der Waals surface area contributed by atoms with Crippen molar-refractivity contribution < 1.29 is 14.4 Å². The summed E-state index contributed by atoms with van der Waals surface area (Å²) in [5.41, 5.74) is 2.46. The SMILES string of the molecule is CCN(CCN(CC)C(=O)CCC(=O)N1c2ccccc2C(=O)Nc2cccnc21)Cc1ccncc1. The van der Waals surface area contributed by atoms with E-state index in [4.69, 9.17) is 0 Å². The third kappa shape index (κ3) is 6.18. The number of nitrogens with one attached hydrogen (secondary N) is 1. The van der Waals surface area contributed by atoms with Gasteiger partial charge in [0.1, 0.15) is 0 Å². The van der Waals surface area contributed by atoms with E-state index in [1.54, 1.807) is 59.9 Å². The number of fused-ring (bicyclic) bond motifs is 2. The molecular formula is C28H32N6O3. The molecule has 3 heterocycles. The van der Waals surface area contributed by atoms with Gasteiger partial charge < -0.3 is 10.2 Å². The number of aromatic nitrogens is 2. The molecule has 3 aromatic rings. The highest BCUT2D eigenvalue weighted by Crippen LogP contribution is 2.36. The molecule has 1 aliphatic rings. The van der Waals surface area contributed by atoms with Crippen molar-refractivity contribution >= 4 is 34.9 Å². The summed E-state index contributed by atoms with van der Waals surface area (Å²) in [6.45, 7) is 7.57. The molecule has 0 spiro atoms. The lowest BCUT2D eigenvalue weighted by molar-refractivity contribution is -0.133. The molecule has 0 unspecified atom stereocenters. The zero-order valence-corrected chi connectivity index (χ0v) is 21.3. The topological polar surface area (TPSA) is 98.7 Å². The molecule has 1 aromatic carbocycles. The lowest BCUT2D eigenvalue weighted by atomic mass is 10.1. The number of carbonyl (C=O) groups excluding carboxylic acids is 3. The van der Waals surface area contributed by atoms with E-state index < -0.39 is 0 Å². The number of para-hydroxylation sites is 1. The molecular weight excluding hydrogens is 468 g/mol. The van der Waals surface area contributed by atoms with Crippen molar-refractivity contribution in [2.45, 2.75) is 33.2 Å². The van der Waals surface area contributed by atoms with Crippen molar-refractivity contribution in [1.82, 2.24) is 19.8 Å². The number of pyridine rings is 2. The van der Waals surface area contributed by atoms with Gasteiger partial charge in [0.15, 0.2) is 5.82 Å². The highest BCUT2D eigenvalue weighted by Gasteiger charge is 2.30. The van der Waals surface area contributed by atoms with Crippen LogP contribution in [0.4, 0.5) is 17.2 Å². The third-order valence-electron chi connectivity index (χ3n) is 6.46. The second kappa shape index (κ2) is 12.2. The fourth-order valence-corrected chi connectivity index (χ4v) is 4.39. The molecule has 2 aromatic heterocycles. The number of anilines is 3. The van der Waals surface area contributed by atoms with Gasteiger partial charge in [-0.25, -0.2) is 4.98 Å². The molecule has 37 heavy (non-hydrogen) atoms. The average molecular weight is 501 g/mol. The predicted octanol–water partition coefficient (Wildman–Crippen LogP) is 3.86. The van der Waals surface area contributed by atoms with Gasteiger partial charge in [-0.15, -0.1) is 0 Å². The lowest BCUT2D eigenvalue weighted by Gasteiger charge is -2.27. The monoisotopic (exact) mass is 500 g/mol. The van der Waals surface area contributed by atoms with Crippen LogP contribution in [-0.2, 0) is 16.1 Å². The number of nitrogens with zero attached hydrogens (tertiary/aromatic N) is 5. The summed E-state index contributed by atoms with van der Waals surface area (Å²) in [4.78, 5) is 53.3. The van der Waals surface area contributed by atoms with Crippen molar-refractivity contribution in [1.29, 1.82) is 0 Å². The largest absolute Gasteiger partial charge is 0.342 e. The van der Waals surface area contributed by atoms with Gasteiger partial charge >= 0.3 is 0 Å². The quantitative estimate of drug-likeness (QED) is 0.454. The third-order valence-corrected chi connectivity index (χ3v) is 6.46. The molecule has 0 bridgehead atoms. The Balaban J connectivity index is 1.42. The zero-order chi connectivity index (χ0) is 26.2. The maximum atomic E-state index is 13.5. The Morgan fingerprint density at radius 3 is 2.46 bits per heavy atom. The molecule has 0 saturated carbocycles. The molecule has 0 radical (unpaired) electrons. The lowest BCUT2D eigenvalue weighted by Crippen LogP contribution is -2.39. The second-order valence-corrected chi connectivity index (χ2v) is 8.77. The molecule has 1 N–H and O–H groups in total. The minimum atomic E-state index is -0.305. The van der Waals surface area contributed by atoms with Crippen LogP contribution >= 0.6 is 0 Å². The van der Waals surface area contributed by atoms with Crippen LogP contribution in [0.25, 0.3) is 0 Å². The van der Waals surface area contributed by atoms with Crippen molar-refractivity contribution in [3.63, 3.8) is 0 Å². The summed E-state index contributed by atoms with van der Waals surface area (Å²) in [6.07, 6.45) is 5.22. The van der Waals surface area contributed by atoms with E-state index in [1.165, 1.54) is 10.5 Å². The Morgan fingerprint density at radius 1 is 0.919 bits per heavy atom. The Labute approximate surface area is 217 Å². The number of rotatable bonds is 10. The fourth-order valence-electron chi connectivity index (χ4n) is 4.39. The number of hydrogen-bond acceptors (Lipinski definition) is 6. The van der Waals surface area contributed by atoms with Crippen molar-refractivity contribution in [3.8, 4) is 0 Å². The van der Waals surface area contributed by atoms with E-state index in [9.17, 15) is 14.4 Å². The molecule has 192 valence electrons. The molecule has 9 heteroatoms. The predicted molar refractivity (Wildman–Crippen MR) is 142 cm³/mol. The summed E-state index contributed by atoms with van der Waals surface area (Å²) < 4.78 is 0. The van der Waals surface area contributed by atoms with E-state index >= 15 is 0 Å². The average Bonchev–Trinajstić information content (AvgIpc) is 3.05. The van der Waals surface area contributed by atoms with Crippen LogP contribution < -0.4 is 10.2 Å². The molecule has 0 fully saturated rings. The van der Waals surface area contributed by atoms with E-state index in [2.05, 4.69) is 27.1 Å². The van der Waals surface area contributed by atoms with Crippen molar-refractivity contribution in [3.05, 3.63) is 78.2 Å². The highest BCUT2D eigenvalue weighted by atomic mass is 16.2. The van der Waals surface area contributed by atoms with Gasteiger partial charge in [-0.2, -0.15) is 0 Å². The zero-order valence-electron chi connectivity index (χ0n) is 21.3. The van der Waals surface area contributed by atoms with E-state index in [0.717, 1.165) is 19.6 Å². The van der Waals surface area contributed by atoms with E-state index in [0.29, 0.717) is 35.8 Å². The van der Waals surface area contributed by atoms with Gasteiger partial charge in [-0.05, 0) is 55.4 Å². The van der Waals surface area contributed by atoms with Crippen LogP contribution in [0.3, 0.4) is 0 Å². The Morgan fingerprint density at radius 2 is 1.70 bits per heavy atom. The summed E-state index contributed by atoms with van der Waals surface area (Å²) in [6, 6.07) is 14.3. The Bertz CT molecular complexity index is 1250. The first-order valence-corrected chi connectivity index (χ1v) is 12.6. The van der Waals surface area contributed by atoms with Crippen LogP contribution in [0.2, 0.25) is 0 Å². The summed E-state index contributed by atoms with van der Waals surface area (Å²) in [7, 11) is 0. The highest BCUT2D eigenvalue weighted by molar-refractivity contribution is 6.17. The van der Waals surface area contributed by atoms with E-state index in [-0.39, 0.29) is 30.6 Å². The van der Waals surface area contributed by atoms with Gasteiger partial charge in [0.2, 0.25) is 11.8 Å². The Kier molecular flexibility index (Phi) is 8.58. The Hall–Kier alpha value is -4.11. The molecule has 9 nitrogen and oxygen atoms in total. The van der Waals surface area contributed by atoms with Crippen LogP contribution in [0.15, 0.2) is 67.1 Å². The molecule has 1 aliphatic heterocycles. The van der Waals surface area contributed by atoms with Crippen LogP contribution in [0, 0.1) is 0 Å². The standard InChI is InChI=1S/C28H32N6O3/c1-3-32(20-21-13-16-29-17-14-21)18-19-33(4-2)25(35)11-12-26(36)34-24-10-6-5-8-22(24)28(37)31-23-9-7-15-30-27(23)34/h5-10,13-17H,3-4,11-12,18-20H2,1-2H3,(H,31,37). The van der Waals surface area contributed by atoms with Crippen LogP contribution in [0.1, 0.15) is 42.6 Å². The summed E-state index contributed by atoms with van der Waals surface area (Å²) >= 11 is 0. The van der Waals surface area contributed by atoms with Gasteiger partial charge in [0.25, 0.3) is 5.91 Å². The molecule has 0 aliphatic carbocycles. The first kappa shape index (κ1) is 26.0. The van der Waals surface area contributed by atoms with Gasteiger partial charge in [-0.1, -0.05) is 19.1 Å². The number of hydrogen-bond donors (Lipinski definition) is 1. The number of benzene rings is 1. The van der Waals surface area contributed by atoms with Crippen molar-refractivity contribution in [2.24, 2.45) is 0 Å². The van der Waals surface area contributed by atoms with Crippen molar-refractivity contribution in [2.75, 3.05) is 36.4 Å². The van der Waals surface area contributed by atoms with Crippen LogP contribution in [0.5, 0.6) is 0 Å².